The number of carbonyl (C=O) groups excluding carboxylic acids is 3. The molecule has 1 saturated carbocycles. The lowest BCUT2D eigenvalue weighted by atomic mass is 9.83. The molecule has 2 aliphatic carbocycles. The van der Waals surface area contributed by atoms with Crippen LogP contribution >= 0.6 is 0 Å². The highest BCUT2D eigenvalue weighted by molar-refractivity contribution is 6.30. The zero-order valence-electron chi connectivity index (χ0n) is 16.4. The van der Waals surface area contributed by atoms with E-state index in [1.165, 1.54) is 0 Å². The highest BCUT2D eigenvalue weighted by atomic mass is 16.2. The SMILES string of the molecule is C[C@H](N)C(=O)NC1CCC(Nc2cccc3c2C(=O)c2ccccc2C3=O)CC1. The largest absolute Gasteiger partial charge is 0.382 e. The van der Waals surface area contributed by atoms with E-state index < -0.39 is 6.04 Å². The highest BCUT2D eigenvalue weighted by Crippen LogP contribution is 2.33. The maximum absolute atomic E-state index is 13.1. The summed E-state index contributed by atoms with van der Waals surface area (Å²) in [6.07, 6.45) is 3.43. The average molecular weight is 391 g/mol. The number of ketones is 2. The van der Waals surface area contributed by atoms with Crippen LogP contribution in [0.15, 0.2) is 42.5 Å². The number of amides is 1. The van der Waals surface area contributed by atoms with E-state index in [1.807, 2.05) is 12.1 Å². The van der Waals surface area contributed by atoms with E-state index in [2.05, 4.69) is 10.6 Å². The number of hydrogen-bond donors (Lipinski definition) is 3. The van der Waals surface area contributed by atoms with E-state index >= 15 is 0 Å². The van der Waals surface area contributed by atoms with E-state index in [0.29, 0.717) is 27.9 Å². The minimum atomic E-state index is -0.506. The van der Waals surface area contributed by atoms with Gasteiger partial charge in [-0.15, -0.1) is 0 Å². The van der Waals surface area contributed by atoms with E-state index in [1.54, 1.807) is 37.3 Å². The molecule has 6 heteroatoms. The Kier molecular flexibility index (Phi) is 5.20. The van der Waals surface area contributed by atoms with Crippen LogP contribution in [0.5, 0.6) is 0 Å². The van der Waals surface area contributed by atoms with Gasteiger partial charge in [-0.2, -0.15) is 0 Å². The van der Waals surface area contributed by atoms with Crippen molar-refractivity contribution in [2.24, 2.45) is 5.73 Å². The standard InChI is InChI=1S/C23H25N3O3/c1-13(24)23(29)26-15-11-9-14(10-12-15)25-19-8-4-7-18-20(19)22(28)17-6-3-2-5-16(17)21(18)27/h2-8,13-15,25H,9-12,24H2,1H3,(H,26,29)/t13-,14?,15?/m0/s1. The van der Waals surface area contributed by atoms with Crippen LogP contribution in [-0.2, 0) is 4.79 Å². The lowest BCUT2D eigenvalue weighted by molar-refractivity contribution is -0.122. The van der Waals surface area contributed by atoms with Crippen molar-refractivity contribution in [1.82, 2.24) is 5.32 Å². The van der Waals surface area contributed by atoms with Crippen LogP contribution in [0.2, 0.25) is 0 Å². The molecule has 0 saturated heterocycles. The monoisotopic (exact) mass is 391 g/mol. The topological polar surface area (TPSA) is 101 Å². The summed E-state index contributed by atoms with van der Waals surface area (Å²) < 4.78 is 0. The van der Waals surface area contributed by atoms with Gasteiger partial charge in [0.15, 0.2) is 11.6 Å². The van der Waals surface area contributed by atoms with Gasteiger partial charge in [0.1, 0.15) is 0 Å². The Balaban J connectivity index is 1.50. The van der Waals surface area contributed by atoms with Gasteiger partial charge in [-0.3, -0.25) is 14.4 Å². The predicted octanol–water partition coefficient (Wildman–Crippen LogP) is 2.65. The Morgan fingerprint density at radius 2 is 1.48 bits per heavy atom. The number of carbonyl (C=O) groups is 3. The fraction of sp³-hybridized carbons (Fsp3) is 0.348. The second-order valence-corrected chi connectivity index (χ2v) is 7.92. The summed E-state index contributed by atoms with van der Waals surface area (Å²) in [6, 6.07) is 12.2. The quantitative estimate of drug-likeness (QED) is 0.635. The first-order chi connectivity index (χ1) is 14.0. The number of rotatable bonds is 4. The zero-order chi connectivity index (χ0) is 20.5. The van der Waals surface area contributed by atoms with Crippen molar-refractivity contribution in [1.29, 1.82) is 0 Å². The lowest BCUT2D eigenvalue weighted by Crippen LogP contribution is -2.46. The Morgan fingerprint density at radius 3 is 2.14 bits per heavy atom. The van der Waals surface area contributed by atoms with Crippen LogP contribution in [0.25, 0.3) is 0 Å². The van der Waals surface area contributed by atoms with Gasteiger partial charge < -0.3 is 16.4 Å². The first-order valence-corrected chi connectivity index (χ1v) is 10.1. The normalized spacial score (nSPS) is 21.7. The number of nitrogens with one attached hydrogen (secondary N) is 2. The molecule has 0 spiro atoms. The fourth-order valence-electron chi connectivity index (χ4n) is 4.20. The van der Waals surface area contributed by atoms with Crippen molar-refractivity contribution < 1.29 is 14.4 Å². The van der Waals surface area contributed by atoms with Gasteiger partial charge >= 0.3 is 0 Å². The van der Waals surface area contributed by atoms with Gasteiger partial charge in [0, 0.05) is 34.5 Å². The van der Waals surface area contributed by atoms with Crippen LogP contribution in [0.4, 0.5) is 5.69 Å². The van der Waals surface area contributed by atoms with Crippen molar-refractivity contribution in [2.45, 2.75) is 50.7 Å². The minimum Gasteiger partial charge on any atom is -0.382 e. The van der Waals surface area contributed by atoms with E-state index in [-0.39, 0.29) is 29.6 Å². The van der Waals surface area contributed by atoms with Crippen molar-refractivity contribution in [2.75, 3.05) is 5.32 Å². The maximum Gasteiger partial charge on any atom is 0.236 e. The third-order valence-corrected chi connectivity index (χ3v) is 5.80. The molecule has 0 unspecified atom stereocenters. The molecule has 4 rings (SSSR count). The third-order valence-electron chi connectivity index (χ3n) is 5.80. The van der Waals surface area contributed by atoms with E-state index in [0.717, 1.165) is 25.7 Å². The van der Waals surface area contributed by atoms with Crippen LogP contribution in [-0.4, -0.2) is 35.6 Å². The summed E-state index contributed by atoms with van der Waals surface area (Å²) in [7, 11) is 0. The number of fused-ring (bicyclic) bond motifs is 2. The van der Waals surface area contributed by atoms with Gasteiger partial charge in [0.2, 0.25) is 5.91 Å². The molecule has 2 aromatic carbocycles. The average Bonchev–Trinajstić information content (AvgIpc) is 2.73. The highest BCUT2D eigenvalue weighted by Gasteiger charge is 2.32. The number of anilines is 1. The summed E-state index contributed by atoms with van der Waals surface area (Å²) in [4.78, 5) is 37.8. The Labute approximate surface area is 169 Å². The molecule has 0 aliphatic heterocycles. The zero-order valence-corrected chi connectivity index (χ0v) is 16.4. The smallest absolute Gasteiger partial charge is 0.236 e. The van der Waals surface area contributed by atoms with Gasteiger partial charge in [0.05, 0.1) is 11.6 Å². The molecule has 1 fully saturated rings. The first kappa shape index (κ1) is 19.3. The van der Waals surface area contributed by atoms with Crippen LogP contribution < -0.4 is 16.4 Å². The Morgan fingerprint density at radius 1 is 0.897 bits per heavy atom. The maximum atomic E-state index is 13.1. The summed E-state index contributed by atoms with van der Waals surface area (Å²) >= 11 is 0. The molecule has 0 radical (unpaired) electrons. The van der Waals surface area contributed by atoms with Crippen molar-refractivity contribution >= 4 is 23.2 Å². The Bertz CT molecular complexity index is 975. The van der Waals surface area contributed by atoms with E-state index in [9.17, 15) is 14.4 Å². The number of hydrogen-bond acceptors (Lipinski definition) is 5. The second-order valence-electron chi connectivity index (χ2n) is 7.92. The van der Waals surface area contributed by atoms with Gasteiger partial charge in [-0.25, -0.2) is 0 Å². The molecule has 2 aromatic rings. The van der Waals surface area contributed by atoms with Gasteiger partial charge in [-0.05, 0) is 38.7 Å². The summed E-state index contributed by atoms with van der Waals surface area (Å²) in [5, 5.41) is 6.46. The second kappa shape index (κ2) is 7.79. The molecule has 0 heterocycles. The predicted molar refractivity (Wildman–Crippen MR) is 111 cm³/mol. The van der Waals surface area contributed by atoms with Crippen LogP contribution in [0, 0.1) is 0 Å². The summed E-state index contributed by atoms with van der Waals surface area (Å²) in [6.45, 7) is 1.68. The van der Waals surface area contributed by atoms with E-state index in [4.69, 9.17) is 5.73 Å². The molecule has 2 aliphatic rings. The Hall–Kier alpha value is -2.99. The molecule has 4 N–H and O–H groups in total. The molecule has 0 bridgehead atoms. The van der Waals surface area contributed by atoms with Crippen LogP contribution in [0.1, 0.15) is 64.4 Å². The molecule has 0 aromatic heterocycles. The van der Waals surface area contributed by atoms with Crippen molar-refractivity contribution in [3.8, 4) is 0 Å². The fourth-order valence-corrected chi connectivity index (χ4v) is 4.20. The van der Waals surface area contributed by atoms with Crippen LogP contribution in [0.3, 0.4) is 0 Å². The number of nitrogens with two attached hydrogens (primary N) is 1. The molecular weight excluding hydrogens is 366 g/mol. The van der Waals surface area contributed by atoms with Gasteiger partial charge in [0.25, 0.3) is 0 Å². The molecule has 150 valence electrons. The van der Waals surface area contributed by atoms with Gasteiger partial charge in [-0.1, -0.05) is 36.4 Å². The molecule has 29 heavy (non-hydrogen) atoms. The van der Waals surface area contributed by atoms with Crippen molar-refractivity contribution in [3.05, 3.63) is 64.7 Å². The molecule has 1 atom stereocenters. The summed E-state index contributed by atoms with van der Waals surface area (Å²) in [5.74, 6) is -0.348. The number of benzene rings is 2. The third kappa shape index (κ3) is 3.68. The van der Waals surface area contributed by atoms with Crippen molar-refractivity contribution in [3.63, 3.8) is 0 Å². The first-order valence-electron chi connectivity index (χ1n) is 10.1. The molecule has 6 nitrogen and oxygen atoms in total. The molecule has 1 amide bonds. The molecular formula is C23H25N3O3. The lowest BCUT2D eigenvalue weighted by Gasteiger charge is -2.31. The minimum absolute atomic E-state index is 0.110. The summed E-state index contributed by atoms with van der Waals surface area (Å²) in [5.41, 5.74) is 8.17.